The number of hydrogen-bond acceptors (Lipinski definition) is 3. The van der Waals surface area contributed by atoms with E-state index in [1.807, 2.05) is 0 Å². The van der Waals surface area contributed by atoms with Crippen LogP contribution in [0, 0.1) is 5.82 Å². The Hall–Kier alpha value is -1.75. The van der Waals surface area contributed by atoms with Crippen LogP contribution in [0.4, 0.5) is 10.1 Å². The van der Waals surface area contributed by atoms with Crippen LogP contribution in [0.3, 0.4) is 0 Å². The van der Waals surface area contributed by atoms with Crippen LogP contribution in [-0.2, 0) is 4.79 Å². The molecule has 0 radical (unpaired) electrons. The molecule has 0 fully saturated rings. The molecule has 0 aromatic heterocycles. The number of carbonyl (C=O) groups is 2. The zero-order valence-corrected chi connectivity index (χ0v) is 9.63. The lowest BCUT2D eigenvalue weighted by atomic mass is 10.0. The van der Waals surface area contributed by atoms with Crippen molar-refractivity contribution < 1.29 is 14.0 Å². The van der Waals surface area contributed by atoms with Gasteiger partial charge in [-0.3, -0.25) is 9.59 Å². The summed E-state index contributed by atoms with van der Waals surface area (Å²) < 4.78 is 13.5. The lowest BCUT2D eigenvalue weighted by Gasteiger charge is -2.09. The molecule has 4 nitrogen and oxygen atoms in total. The molecule has 1 amide bonds. The molecule has 92 valence electrons. The van der Waals surface area contributed by atoms with Gasteiger partial charge in [-0.2, -0.15) is 0 Å². The van der Waals surface area contributed by atoms with Gasteiger partial charge in [-0.25, -0.2) is 4.39 Å². The fourth-order valence-corrected chi connectivity index (χ4v) is 1.46. The Morgan fingerprint density at radius 3 is 2.71 bits per heavy atom. The van der Waals surface area contributed by atoms with E-state index in [1.54, 1.807) is 0 Å². The van der Waals surface area contributed by atoms with Crippen molar-refractivity contribution in [2.45, 2.75) is 19.8 Å². The van der Waals surface area contributed by atoms with Gasteiger partial charge in [0.15, 0.2) is 5.78 Å². The molecule has 0 heterocycles. The summed E-state index contributed by atoms with van der Waals surface area (Å²) in [4.78, 5) is 22.7. The van der Waals surface area contributed by atoms with Gasteiger partial charge in [0.05, 0.1) is 5.69 Å². The highest BCUT2D eigenvalue weighted by Gasteiger charge is 2.15. The van der Waals surface area contributed by atoms with E-state index < -0.39 is 11.7 Å². The molecule has 0 atom stereocenters. The third-order valence-electron chi connectivity index (χ3n) is 2.22. The molecule has 3 N–H and O–H groups in total. The van der Waals surface area contributed by atoms with E-state index in [0.29, 0.717) is 13.0 Å². The Bertz CT molecular complexity index is 433. The Labute approximate surface area is 99.0 Å². The van der Waals surface area contributed by atoms with Crippen LogP contribution in [0.15, 0.2) is 18.2 Å². The zero-order chi connectivity index (χ0) is 12.8. The number of Topliss-reactive ketones (excluding diaryl/α,β-unsaturated/α-hetero) is 1. The van der Waals surface area contributed by atoms with Crippen molar-refractivity contribution >= 4 is 17.4 Å². The molecule has 0 bridgehead atoms. The summed E-state index contributed by atoms with van der Waals surface area (Å²) in [7, 11) is 0. The number of rotatable bonds is 5. The molecule has 0 saturated carbocycles. The van der Waals surface area contributed by atoms with E-state index in [9.17, 15) is 14.0 Å². The second kappa shape index (κ2) is 6.10. The van der Waals surface area contributed by atoms with E-state index in [1.165, 1.54) is 25.1 Å². The van der Waals surface area contributed by atoms with Gasteiger partial charge in [0.1, 0.15) is 5.82 Å². The highest BCUT2D eigenvalue weighted by atomic mass is 19.1. The predicted octanol–water partition coefficient (Wildman–Crippen LogP) is 1.71. The van der Waals surface area contributed by atoms with Gasteiger partial charge >= 0.3 is 0 Å². The van der Waals surface area contributed by atoms with Crippen LogP contribution in [0.1, 0.15) is 30.1 Å². The summed E-state index contributed by atoms with van der Waals surface area (Å²) in [6.07, 6.45) is 0.779. The molecule has 5 heteroatoms. The predicted molar refractivity (Wildman–Crippen MR) is 63.3 cm³/mol. The third-order valence-corrected chi connectivity index (χ3v) is 2.22. The second-order valence-electron chi connectivity index (χ2n) is 3.66. The van der Waals surface area contributed by atoms with Gasteiger partial charge in [0.2, 0.25) is 5.91 Å². The highest BCUT2D eigenvalue weighted by Crippen LogP contribution is 2.21. The van der Waals surface area contributed by atoms with Gasteiger partial charge in [-0.05, 0) is 25.1 Å². The number of anilines is 1. The first-order chi connectivity index (χ1) is 8.06. The largest absolute Gasteiger partial charge is 0.330 e. The number of hydrogen-bond donors (Lipinski definition) is 2. The maximum absolute atomic E-state index is 13.5. The van der Waals surface area contributed by atoms with Crippen LogP contribution in [0.25, 0.3) is 0 Å². The third kappa shape index (κ3) is 3.64. The fourth-order valence-electron chi connectivity index (χ4n) is 1.46. The fraction of sp³-hybridized carbons (Fsp3) is 0.333. The van der Waals surface area contributed by atoms with Crippen molar-refractivity contribution in [3.8, 4) is 0 Å². The molecule has 0 aliphatic rings. The standard InChI is InChI=1S/C12H15FN2O2/c1-8(16)15-12-9(4-2-5-10(12)13)11(17)6-3-7-14/h2,4-5H,3,6-7,14H2,1H3,(H,15,16). The van der Waals surface area contributed by atoms with E-state index in [4.69, 9.17) is 5.73 Å². The van der Waals surface area contributed by atoms with Crippen molar-refractivity contribution in [2.75, 3.05) is 11.9 Å². The van der Waals surface area contributed by atoms with Crippen molar-refractivity contribution in [1.29, 1.82) is 0 Å². The lowest BCUT2D eigenvalue weighted by molar-refractivity contribution is -0.114. The average molecular weight is 238 g/mol. The van der Waals surface area contributed by atoms with Crippen LogP contribution < -0.4 is 11.1 Å². The zero-order valence-electron chi connectivity index (χ0n) is 9.63. The molecule has 0 aliphatic heterocycles. The molecule has 0 unspecified atom stereocenters. The van der Waals surface area contributed by atoms with Crippen LogP contribution in [0.2, 0.25) is 0 Å². The Morgan fingerprint density at radius 1 is 1.41 bits per heavy atom. The number of benzene rings is 1. The first-order valence-corrected chi connectivity index (χ1v) is 5.35. The Kier molecular flexibility index (Phi) is 4.78. The molecular weight excluding hydrogens is 223 g/mol. The molecule has 1 rings (SSSR count). The van der Waals surface area contributed by atoms with Crippen molar-refractivity contribution in [3.05, 3.63) is 29.6 Å². The molecular formula is C12H15FN2O2. The number of halogens is 1. The van der Waals surface area contributed by atoms with Crippen molar-refractivity contribution in [2.24, 2.45) is 5.73 Å². The maximum atomic E-state index is 13.5. The summed E-state index contributed by atoms with van der Waals surface area (Å²) in [6.45, 7) is 1.66. The Morgan fingerprint density at radius 2 is 2.12 bits per heavy atom. The average Bonchev–Trinajstić information content (AvgIpc) is 2.28. The van der Waals surface area contributed by atoms with Gasteiger partial charge in [0, 0.05) is 18.9 Å². The maximum Gasteiger partial charge on any atom is 0.221 e. The van der Waals surface area contributed by atoms with Crippen molar-refractivity contribution in [1.82, 2.24) is 0 Å². The number of nitrogens with two attached hydrogens (primary N) is 1. The van der Waals surface area contributed by atoms with E-state index in [0.717, 1.165) is 0 Å². The van der Waals surface area contributed by atoms with Gasteiger partial charge in [-0.1, -0.05) is 6.07 Å². The van der Waals surface area contributed by atoms with E-state index >= 15 is 0 Å². The monoisotopic (exact) mass is 238 g/mol. The summed E-state index contributed by atoms with van der Waals surface area (Å²) >= 11 is 0. The number of ketones is 1. The van der Waals surface area contributed by atoms with E-state index in [2.05, 4.69) is 5.32 Å². The highest BCUT2D eigenvalue weighted by molar-refractivity contribution is 6.04. The summed E-state index contributed by atoms with van der Waals surface area (Å²) in [6, 6.07) is 4.13. The number of para-hydroxylation sites is 1. The normalized spacial score (nSPS) is 10.1. The smallest absolute Gasteiger partial charge is 0.221 e. The van der Waals surface area contributed by atoms with Gasteiger partial charge in [0.25, 0.3) is 0 Å². The molecule has 17 heavy (non-hydrogen) atoms. The van der Waals surface area contributed by atoms with Crippen LogP contribution >= 0.6 is 0 Å². The number of carbonyl (C=O) groups excluding carboxylic acids is 2. The molecule has 1 aromatic rings. The topological polar surface area (TPSA) is 72.2 Å². The molecule has 0 saturated heterocycles. The minimum atomic E-state index is -0.612. The quantitative estimate of drug-likeness (QED) is 0.767. The lowest BCUT2D eigenvalue weighted by Crippen LogP contribution is -2.13. The minimum absolute atomic E-state index is 0.0537. The van der Waals surface area contributed by atoms with E-state index in [-0.39, 0.29) is 23.5 Å². The first kappa shape index (κ1) is 13.3. The number of amides is 1. The summed E-state index contributed by atoms with van der Waals surface area (Å²) in [5.41, 5.74) is 5.44. The molecule has 0 aliphatic carbocycles. The second-order valence-corrected chi connectivity index (χ2v) is 3.66. The summed E-state index contributed by atoms with van der Waals surface area (Å²) in [5, 5.41) is 2.33. The number of nitrogens with one attached hydrogen (secondary N) is 1. The van der Waals surface area contributed by atoms with Crippen LogP contribution in [-0.4, -0.2) is 18.2 Å². The minimum Gasteiger partial charge on any atom is -0.330 e. The molecule has 1 aromatic carbocycles. The SMILES string of the molecule is CC(=O)Nc1c(F)cccc1C(=O)CCCN. The summed E-state index contributed by atoms with van der Waals surface area (Å²) in [5.74, 6) is -1.25. The van der Waals surface area contributed by atoms with Crippen LogP contribution in [0.5, 0.6) is 0 Å². The Balaban J connectivity index is 3.01. The van der Waals surface area contributed by atoms with Gasteiger partial charge in [-0.15, -0.1) is 0 Å². The molecule has 0 spiro atoms. The van der Waals surface area contributed by atoms with Gasteiger partial charge < -0.3 is 11.1 Å². The van der Waals surface area contributed by atoms with Crippen molar-refractivity contribution in [3.63, 3.8) is 0 Å². The first-order valence-electron chi connectivity index (χ1n) is 5.35.